The van der Waals surface area contributed by atoms with E-state index in [2.05, 4.69) is 37.8 Å². The van der Waals surface area contributed by atoms with Crippen LogP contribution >= 0.6 is 0 Å². The topological polar surface area (TPSA) is 73.5 Å². The summed E-state index contributed by atoms with van der Waals surface area (Å²) in [4.78, 5) is 14.4. The van der Waals surface area contributed by atoms with Crippen molar-refractivity contribution >= 4 is 34.3 Å². The third kappa shape index (κ3) is 4.24. The number of aromatic nitrogens is 5. The average molecular weight is 465 g/mol. The molecular weight excluding hydrogens is 439 g/mol. The molecule has 35 heavy (non-hydrogen) atoms. The van der Waals surface area contributed by atoms with E-state index in [1.54, 1.807) is 18.3 Å². The summed E-state index contributed by atoms with van der Waals surface area (Å²) in [5, 5.41) is 10.5. The van der Waals surface area contributed by atoms with Gasteiger partial charge < -0.3 is 9.88 Å². The number of hydrogen-bond acceptors (Lipinski definition) is 4. The van der Waals surface area contributed by atoms with E-state index in [0.29, 0.717) is 0 Å². The van der Waals surface area contributed by atoms with Gasteiger partial charge in [0.2, 0.25) is 0 Å². The van der Waals surface area contributed by atoms with Crippen molar-refractivity contribution in [3.05, 3.63) is 89.6 Å². The van der Waals surface area contributed by atoms with Gasteiger partial charge in [-0.25, -0.2) is 4.39 Å². The minimum atomic E-state index is -0.276. The molecule has 2 N–H and O–H groups in total. The second-order valence-electron chi connectivity index (χ2n) is 8.49. The Bertz CT molecular complexity index is 1660. The van der Waals surface area contributed by atoms with Crippen molar-refractivity contribution < 1.29 is 4.39 Å². The van der Waals surface area contributed by atoms with Gasteiger partial charge in [0.1, 0.15) is 11.5 Å². The van der Waals surface area contributed by atoms with Crippen molar-refractivity contribution in [1.82, 2.24) is 25.1 Å². The van der Waals surface area contributed by atoms with E-state index in [4.69, 9.17) is 0 Å². The maximum absolute atomic E-state index is 13.5. The number of H-pyrrole nitrogens is 2. The number of benzene rings is 1. The molecule has 0 fully saturated rings. The fourth-order valence-corrected chi connectivity index (χ4v) is 4.06. The average Bonchev–Trinajstić information content (AvgIpc) is 3.48. The van der Waals surface area contributed by atoms with E-state index in [1.807, 2.05) is 62.6 Å². The minimum absolute atomic E-state index is 0.276. The van der Waals surface area contributed by atoms with Crippen molar-refractivity contribution in [2.45, 2.75) is 6.92 Å². The fourth-order valence-electron chi connectivity index (χ4n) is 4.06. The molecule has 0 radical (unpaired) electrons. The number of nitrogens with zero attached hydrogens (tertiary/aromatic N) is 4. The molecular formula is C28H25FN6. The Hall–Kier alpha value is -4.52. The Morgan fingerprint density at radius 1 is 1.06 bits per heavy atom. The van der Waals surface area contributed by atoms with Crippen LogP contribution in [0.15, 0.2) is 67.6 Å². The van der Waals surface area contributed by atoms with Gasteiger partial charge in [0, 0.05) is 53.7 Å². The number of anilines is 1. The maximum Gasteiger partial charge on any atom is 0.123 e. The molecule has 0 aliphatic carbocycles. The van der Waals surface area contributed by atoms with Crippen molar-refractivity contribution in [3.8, 4) is 22.6 Å². The van der Waals surface area contributed by atoms with Crippen LogP contribution in [0, 0.1) is 5.82 Å². The summed E-state index contributed by atoms with van der Waals surface area (Å²) < 4.78 is 13.5. The van der Waals surface area contributed by atoms with E-state index < -0.39 is 0 Å². The third-order valence-electron chi connectivity index (χ3n) is 5.97. The Morgan fingerprint density at radius 2 is 1.86 bits per heavy atom. The van der Waals surface area contributed by atoms with Gasteiger partial charge >= 0.3 is 0 Å². The predicted octanol–water partition coefficient (Wildman–Crippen LogP) is 4.51. The van der Waals surface area contributed by atoms with Crippen LogP contribution in [0.5, 0.6) is 0 Å². The Morgan fingerprint density at radius 3 is 2.60 bits per heavy atom. The fraction of sp³-hybridized carbons (Fsp3) is 0.107. The second kappa shape index (κ2) is 9.02. The van der Waals surface area contributed by atoms with Gasteiger partial charge in [-0.1, -0.05) is 12.7 Å². The van der Waals surface area contributed by atoms with Gasteiger partial charge in [-0.15, -0.1) is 0 Å². The molecule has 1 aromatic carbocycles. The smallest absolute Gasteiger partial charge is 0.123 e. The summed E-state index contributed by atoms with van der Waals surface area (Å²) in [6.45, 7) is 6.26. The largest absolute Gasteiger partial charge is 0.376 e. The highest BCUT2D eigenvalue weighted by Gasteiger charge is 2.13. The molecule has 0 bridgehead atoms. The lowest BCUT2D eigenvalue weighted by atomic mass is 10.1. The van der Waals surface area contributed by atoms with Crippen molar-refractivity contribution in [2.24, 2.45) is 0 Å². The van der Waals surface area contributed by atoms with Crippen LogP contribution in [0.2, 0.25) is 0 Å². The number of pyridine rings is 2. The first-order valence-electron chi connectivity index (χ1n) is 11.2. The van der Waals surface area contributed by atoms with Crippen molar-refractivity contribution in [2.75, 3.05) is 19.0 Å². The summed E-state index contributed by atoms with van der Waals surface area (Å²) >= 11 is 0. The maximum atomic E-state index is 13.5. The number of rotatable bonds is 5. The zero-order valence-electron chi connectivity index (χ0n) is 19.8. The van der Waals surface area contributed by atoms with Gasteiger partial charge in [0.25, 0.3) is 0 Å². The zero-order valence-corrected chi connectivity index (χ0v) is 19.8. The Balaban J connectivity index is 1.63. The molecule has 5 aromatic rings. The molecule has 6 nitrogen and oxygen atoms in total. The zero-order chi connectivity index (χ0) is 24.5. The molecule has 0 atom stereocenters. The summed E-state index contributed by atoms with van der Waals surface area (Å²) in [5.74, 6) is -0.276. The van der Waals surface area contributed by atoms with Crippen LogP contribution in [0.3, 0.4) is 0 Å². The molecule has 0 aliphatic rings. The van der Waals surface area contributed by atoms with E-state index in [0.717, 1.165) is 60.9 Å². The third-order valence-corrected chi connectivity index (χ3v) is 5.97. The molecule has 5 rings (SSSR count). The SMILES string of the molecule is C=C(/C=c1/c(-c2cc3c(-c4ccc(F)cc4)nccc3[nH]2)n[nH]/c1=C/C)c1cncc(N(C)C)c1. The van der Waals surface area contributed by atoms with Crippen molar-refractivity contribution in [3.63, 3.8) is 0 Å². The lowest BCUT2D eigenvalue weighted by molar-refractivity contribution is 0.628. The van der Waals surface area contributed by atoms with Crippen LogP contribution < -0.4 is 15.5 Å². The molecule has 4 heterocycles. The van der Waals surface area contributed by atoms with Crippen LogP contribution in [0.1, 0.15) is 12.5 Å². The van der Waals surface area contributed by atoms with E-state index in [-0.39, 0.29) is 5.82 Å². The Kier molecular flexibility index (Phi) is 5.74. The molecule has 0 saturated heterocycles. The highest BCUT2D eigenvalue weighted by molar-refractivity contribution is 5.96. The number of aromatic amines is 2. The minimum Gasteiger partial charge on any atom is -0.376 e. The van der Waals surface area contributed by atoms with Gasteiger partial charge in [-0.2, -0.15) is 5.10 Å². The van der Waals surface area contributed by atoms with Crippen molar-refractivity contribution in [1.29, 1.82) is 0 Å². The first-order valence-corrected chi connectivity index (χ1v) is 11.2. The van der Waals surface area contributed by atoms with Crippen LogP contribution in [-0.4, -0.2) is 39.2 Å². The lowest BCUT2D eigenvalue weighted by Gasteiger charge is -2.12. The van der Waals surface area contributed by atoms with Crippen LogP contribution in [-0.2, 0) is 0 Å². The standard InChI is InChI=1S/C28H25FN6/c1-5-24-22(12-17(2)19-13-21(35(3)4)16-30-15-19)28(34-33-24)26-14-23-25(32-26)10-11-31-27(23)18-6-8-20(29)9-7-18/h5-16,32-33H,2H2,1,3-4H3/b22-12+,24-5+. The van der Waals surface area contributed by atoms with Gasteiger partial charge in [-0.3, -0.25) is 15.1 Å². The molecule has 174 valence electrons. The number of fused-ring (bicyclic) bond motifs is 1. The van der Waals surface area contributed by atoms with E-state index in [9.17, 15) is 4.39 Å². The normalized spacial score (nSPS) is 12.5. The van der Waals surface area contributed by atoms with Gasteiger partial charge in [-0.05, 0) is 61.0 Å². The molecule has 0 amide bonds. The number of allylic oxidation sites excluding steroid dienone is 1. The molecule has 0 spiro atoms. The predicted molar refractivity (Wildman–Crippen MR) is 141 cm³/mol. The van der Waals surface area contributed by atoms with Crippen LogP contribution in [0.4, 0.5) is 10.1 Å². The molecule has 0 unspecified atom stereocenters. The lowest BCUT2D eigenvalue weighted by Crippen LogP contribution is -2.23. The van der Waals surface area contributed by atoms with Gasteiger partial charge in [0.15, 0.2) is 0 Å². The molecule has 4 aromatic heterocycles. The van der Waals surface area contributed by atoms with E-state index >= 15 is 0 Å². The highest BCUT2D eigenvalue weighted by atomic mass is 19.1. The first-order chi connectivity index (χ1) is 16.9. The Labute approximate surface area is 202 Å². The number of nitrogens with one attached hydrogen (secondary N) is 2. The van der Waals surface area contributed by atoms with Crippen LogP contribution in [0.25, 0.3) is 51.3 Å². The monoisotopic (exact) mass is 464 g/mol. The molecule has 0 saturated carbocycles. The summed E-state index contributed by atoms with van der Waals surface area (Å²) in [5.41, 5.74) is 6.94. The first kappa shape index (κ1) is 22.3. The number of halogens is 1. The van der Waals surface area contributed by atoms with Gasteiger partial charge in [0.05, 0.1) is 28.6 Å². The highest BCUT2D eigenvalue weighted by Crippen LogP contribution is 2.29. The second-order valence-corrected chi connectivity index (χ2v) is 8.49. The quantitative estimate of drug-likeness (QED) is 0.401. The number of hydrogen-bond donors (Lipinski definition) is 2. The summed E-state index contributed by atoms with van der Waals surface area (Å²) in [7, 11) is 3.97. The molecule has 7 heteroatoms. The molecule has 0 aliphatic heterocycles. The summed E-state index contributed by atoms with van der Waals surface area (Å²) in [6, 6.07) is 12.4. The summed E-state index contributed by atoms with van der Waals surface area (Å²) in [6.07, 6.45) is 9.39. The van der Waals surface area contributed by atoms with E-state index in [1.165, 1.54) is 12.1 Å².